The van der Waals surface area contributed by atoms with E-state index in [1.54, 1.807) is 6.92 Å². The predicted octanol–water partition coefficient (Wildman–Crippen LogP) is 1.69. The van der Waals surface area contributed by atoms with Crippen LogP contribution < -0.4 is 0 Å². The summed E-state index contributed by atoms with van der Waals surface area (Å²) in [4.78, 5) is 23.4. The second-order valence-electron chi connectivity index (χ2n) is 4.94. The lowest BCUT2D eigenvalue weighted by Crippen LogP contribution is -2.46. The molecule has 0 aromatic carbocycles. The fraction of sp³-hybridized carbons (Fsp3) is 0.692. The van der Waals surface area contributed by atoms with E-state index in [9.17, 15) is 9.59 Å². The van der Waals surface area contributed by atoms with E-state index < -0.39 is 0 Å². The maximum absolute atomic E-state index is 11.8. The van der Waals surface area contributed by atoms with Gasteiger partial charge in [0.25, 0.3) is 0 Å². The molecule has 0 bridgehead atoms. The van der Waals surface area contributed by atoms with E-state index in [2.05, 4.69) is 0 Å². The lowest BCUT2D eigenvalue weighted by molar-refractivity contribution is -0.168. The molecule has 0 amide bonds. The third-order valence-corrected chi connectivity index (χ3v) is 3.44. The number of rotatable bonds is 3. The Kier molecular flexibility index (Phi) is 3.22. The van der Waals surface area contributed by atoms with E-state index in [4.69, 9.17) is 9.47 Å². The third kappa shape index (κ3) is 2.08. The highest BCUT2D eigenvalue weighted by molar-refractivity contribution is 5.98. The van der Waals surface area contributed by atoms with Crippen LogP contribution >= 0.6 is 0 Å². The van der Waals surface area contributed by atoms with Gasteiger partial charge in [0.1, 0.15) is 6.10 Å². The van der Waals surface area contributed by atoms with Gasteiger partial charge in [-0.1, -0.05) is 19.9 Å². The second kappa shape index (κ2) is 4.51. The van der Waals surface area contributed by atoms with Crippen LogP contribution in [-0.4, -0.2) is 24.6 Å². The highest BCUT2D eigenvalue weighted by atomic mass is 16.5. The highest BCUT2D eigenvalue weighted by Crippen LogP contribution is 2.43. The fourth-order valence-electron chi connectivity index (χ4n) is 2.41. The predicted molar refractivity (Wildman–Crippen MR) is 61.0 cm³/mol. The summed E-state index contributed by atoms with van der Waals surface area (Å²) in [6.07, 6.45) is 2.65. The van der Waals surface area contributed by atoms with E-state index in [0.29, 0.717) is 18.1 Å². The number of allylic oxidation sites excluding steroid dienone is 1. The first-order valence-electron chi connectivity index (χ1n) is 6.14. The average Bonchev–Trinajstić information content (AvgIpc) is 2.20. The average molecular weight is 238 g/mol. The monoisotopic (exact) mass is 238 g/mol. The molecule has 1 saturated heterocycles. The molecular formula is C13H18O4. The molecule has 0 saturated carbocycles. The van der Waals surface area contributed by atoms with E-state index in [1.165, 1.54) is 0 Å². The van der Waals surface area contributed by atoms with Gasteiger partial charge in [-0.25, -0.2) is 4.79 Å². The molecule has 0 spiro atoms. The van der Waals surface area contributed by atoms with Crippen molar-refractivity contribution in [3.63, 3.8) is 0 Å². The number of cyclic esters (lactones) is 1. The van der Waals surface area contributed by atoms with Crippen molar-refractivity contribution >= 4 is 11.9 Å². The van der Waals surface area contributed by atoms with Crippen LogP contribution in [0.5, 0.6) is 0 Å². The van der Waals surface area contributed by atoms with Crippen LogP contribution in [0.15, 0.2) is 11.6 Å². The number of hydrogen-bond acceptors (Lipinski definition) is 4. The van der Waals surface area contributed by atoms with Crippen LogP contribution in [-0.2, 0) is 19.1 Å². The molecule has 1 fully saturated rings. The van der Waals surface area contributed by atoms with Crippen LogP contribution in [0.1, 0.15) is 27.2 Å². The Morgan fingerprint density at radius 3 is 2.82 bits per heavy atom. The third-order valence-electron chi connectivity index (χ3n) is 3.44. The van der Waals surface area contributed by atoms with Crippen molar-refractivity contribution < 1.29 is 19.1 Å². The summed E-state index contributed by atoms with van der Waals surface area (Å²) >= 11 is 0. The molecule has 0 N–H and O–H groups in total. The van der Waals surface area contributed by atoms with E-state index >= 15 is 0 Å². The Labute approximate surface area is 101 Å². The molecule has 1 heterocycles. The van der Waals surface area contributed by atoms with Gasteiger partial charge in [-0.15, -0.1) is 0 Å². The molecule has 2 aliphatic rings. The lowest BCUT2D eigenvalue weighted by atomic mass is 9.69. The van der Waals surface area contributed by atoms with E-state index in [1.807, 2.05) is 19.9 Å². The standard InChI is InChI=1S/C13H18O4/c1-4-16-12(14)9-5-8-6-10(7(2)3)17-13(15)11(8)9/h5,7-8,10-11H,4,6H2,1-3H3/t8-,10-,11+/m0/s1. The van der Waals surface area contributed by atoms with Crippen LogP contribution in [0.4, 0.5) is 0 Å². The normalized spacial score (nSPS) is 31.2. The molecule has 0 aromatic heterocycles. The molecule has 94 valence electrons. The van der Waals surface area contributed by atoms with Crippen molar-refractivity contribution in [2.24, 2.45) is 17.8 Å². The van der Waals surface area contributed by atoms with Crippen LogP contribution in [0.3, 0.4) is 0 Å². The summed E-state index contributed by atoms with van der Waals surface area (Å²) in [5.41, 5.74) is 0.476. The van der Waals surface area contributed by atoms with Crippen molar-refractivity contribution in [1.29, 1.82) is 0 Å². The molecule has 0 unspecified atom stereocenters. The molecule has 0 radical (unpaired) electrons. The molecule has 1 aliphatic heterocycles. The van der Waals surface area contributed by atoms with Gasteiger partial charge in [-0.05, 0) is 25.2 Å². The number of esters is 2. The van der Waals surface area contributed by atoms with Crippen molar-refractivity contribution in [2.45, 2.75) is 33.3 Å². The molecule has 1 aliphatic carbocycles. The van der Waals surface area contributed by atoms with Crippen molar-refractivity contribution in [1.82, 2.24) is 0 Å². The van der Waals surface area contributed by atoms with E-state index in [-0.39, 0.29) is 29.9 Å². The Morgan fingerprint density at radius 2 is 2.29 bits per heavy atom. The van der Waals surface area contributed by atoms with Gasteiger partial charge < -0.3 is 9.47 Å². The van der Waals surface area contributed by atoms with Crippen molar-refractivity contribution in [3.05, 3.63) is 11.6 Å². The highest BCUT2D eigenvalue weighted by Gasteiger charge is 2.48. The maximum Gasteiger partial charge on any atom is 0.334 e. The molecule has 3 atom stereocenters. The molecule has 4 nitrogen and oxygen atoms in total. The Morgan fingerprint density at radius 1 is 1.59 bits per heavy atom. The second-order valence-corrected chi connectivity index (χ2v) is 4.94. The smallest absolute Gasteiger partial charge is 0.334 e. The van der Waals surface area contributed by atoms with Gasteiger partial charge >= 0.3 is 11.9 Å². The number of carbonyl (C=O) groups is 2. The molecule has 4 heteroatoms. The van der Waals surface area contributed by atoms with Gasteiger partial charge in [-0.3, -0.25) is 4.79 Å². The SMILES string of the molecule is CCOC(=O)C1=C[C@H]2C[C@@H](C(C)C)OC(=O)[C@@H]12. The van der Waals surface area contributed by atoms with Crippen molar-refractivity contribution in [2.75, 3.05) is 6.61 Å². The largest absolute Gasteiger partial charge is 0.463 e. The van der Waals surface area contributed by atoms with Gasteiger partial charge in [0.05, 0.1) is 12.5 Å². The fourth-order valence-corrected chi connectivity index (χ4v) is 2.41. The number of carbonyl (C=O) groups excluding carboxylic acids is 2. The molecule has 17 heavy (non-hydrogen) atoms. The lowest BCUT2D eigenvalue weighted by Gasteiger charge is -2.41. The van der Waals surface area contributed by atoms with Crippen molar-refractivity contribution in [3.8, 4) is 0 Å². The summed E-state index contributed by atoms with van der Waals surface area (Å²) in [5.74, 6) is -0.564. The minimum Gasteiger partial charge on any atom is -0.463 e. The van der Waals surface area contributed by atoms with Gasteiger partial charge in [-0.2, -0.15) is 0 Å². The number of fused-ring (bicyclic) bond motifs is 1. The number of hydrogen-bond donors (Lipinski definition) is 0. The van der Waals surface area contributed by atoms with Gasteiger partial charge in [0.15, 0.2) is 0 Å². The van der Waals surface area contributed by atoms with Gasteiger partial charge in [0, 0.05) is 5.57 Å². The first kappa shape index (κ1) is 12.1. The Hall–Kier alpha value is -1.32. The Balaban J connectivity index is 2.07. The van der Waals surface area contributed by atoms with Crippen LogP contribution in [0.2, 0.25) is 0 Å². The molecular weight excluding hydrogens is 220 g/mol. The molecule has 2 rings (SSSR count). The summed E-state index contributed by atoms with van der Waals surface area (Å²) in [6, 6.07) is 0. The van der Waals surface area contributed by atoms with Crippen LogP contribution in [0.25, 0.3) is 0 Å². The van der Waals surface area contributed by atoms with E-state index in [0.717, 1.165) is 6.42 Å². The molecule has 0 aromatic rings. The zero-order chi connectivity index (χ0) is 12.6. The summed E-state index contributed by atoms with van der Waals surface area (Å²) in [5, 5.41) is 0. The summed E-state index contributed by atoms with van der Waals surface area (Å²) in [6.45, 7) is 6.15. The topological polar surface area (TPSA) is 52.6 Å². The zero-order valence-electron chi connectivity index (χ0n) is 10.4. The van der Waals surface area contributed by atoms with Crippen LogP contribution in [0, 0.1) is 17.8 Å². The number of ether oxygens (including phenoxy) is 2. The first-order chi connectivity index (χ1) is 8.04. The Bertz CT molecular complexity index is 370. The maximum atomic E-state index is 11.8. The first-order valence-corrected chi connectivity index (χ1v) is 6.14. The zero-order valence-corrected chi connectivity index (χ0v) is 10.4. The quantitative estimate of drug-likeness (QED) is 0.702. The minimum absolute atomic E-state index is 0.0243. The minimum atomic E-state index is -0.385. The summed E-state index contributed by atoms with van der Waals surface area (Å²) in [7, 11) is 0. The van der Waals surface area contributed by atoms with Gasteiger partial charge in [0.2, 0.25) is 0 Å². The summed E-state index contributed by atoms with van der Waals surface area (Å²) < 4.78 is 10.3.